The normalized spacial score (nSPS) is 15.0. The molecule has 0 saturated carbocycles. The molecular weight excluding hydrogens is 1600 g/mol. The van der Waals surface area contributed by atoms with E-state index in [0.29, 0.717) is 78.2 Å². The summed E-state index contributed by atoms with van der Waals surface area (Å²) in [5.41, 5.74) is 23.6. The van der Waals surface area contributed by atoms with E-state index in [4.69, 9.17) is 55.3 Å². The third-order valence-corrected chi connectivity index (χ3v) is 22.3. The van der Waals surface area contributed by atoms with Gasteiger partial charge in [0.2, 0.25) is 11.9 Å². The molecule has 2 amide bonds. The molecule has 4 saturated heterocycles. The number of aryl methyl sites for hydroxylation is 4. The lowest BCUT2D eigenvalue weighted by molar-refractivity contribution is -0.114. The van der Waals surface area contributed by atoms with Gasteiger partial charge in [0.1, 0.15) is 51.9 Å². The van der Waals surface area contributed by atoms with Gasteiger partial charge in [-0.25, -0.2) is 51.0 Å². The van der Waals surface area contributed by atoms with Crippen LogP contribution in [0, 0.1) is 29.2 Å². The van der Waals surface area contributed by atoms with Crippen molar-refractivity contribution >= 4 is 62.1 Å². The molecule has 11 aromatic heterocycles. The SMILES string of the molecule is CC(=O)Nc1cn2nc(-c3c(-c4ccc(F)cc4)nn(C)c3C3CCOCC3)ccc2n1.Cn1nc(-c2ccc(F)cc2)c(-c2ccc3nc(N)cn3n2)c1C1CCOCC1.Cn1nc(-c2ccc(F)cc2)c(-c2ccc3nc(NC(=O)c4ccnc(F)c4)cn3n2)c1C1CCOCC1.Cn1nc(-c2ccc(F)cc2)c(Br)c1C1CCOCC1. The van der Waals surface area contributed by atoms with Gasteiger partial charge in [-0.3, -0.25) is 28.3 Å². The monoisotopic (exact) mass is 1680 g/mol. The van der Waals surface area contributed by atoms with Crippen LogP contribution < -0.4 is 16.4 Å². The molecule has 19 rings (SSSR count). The summed E-state index contributed by atoms with van der Waals surface area (Å²) in [6.07, 6.45) is 13.6. The molecule has 27 nitrogen and oxygen atoms in total. The lowest BCUT2D eigenvalue weighted by Crippen LogP contribution is -2.17. The summed E-state index contributed by atoms with van der Waals surface area (Å²) < 4.78 is 103. The van der Waals surface area contributed by atoms with Crippen molar-refractivity contribution < 1.29 is 50.5 Å². The summed E-state index contributed by atoms with van der Waals surface area (Å²) in [4.78, 5) is 40.5. The van der Waals surface area contributed by atoms with Crippen molar-refractivity contribution in [1.29, 1.82) is 0 Å². The minimum absolute atomic E-state index is 0.128. The van der Waals surface area contributed by atoms with E-state index in [9.17, 15) is 31.5 Å². The zero-order chi connectivity index (χ0) is 82.5. The number of hydrogen-bond donors (Lipinski definition) is 3. The highest BCUT2D eigenvalue weighted by atomic mass is 79.9. The Balaban J connectivity index is 0.000000121. The van der Waals surface area contributed by atoms with Crippen LogP contribution in [0.25, 0.3) is 95.7 Å². The van der Waals surface area contributed by atoms with Crippen LogP contribution in [0.4, 0.5) is 39.4 Å². The Morgan fingerprint density at radius 1 is 0.403 bits per heavy atom. The van der Waals surface area contributed by atoms with Gasteiger partial charge < -0.3 is 35.3 Å². The predicted octanol–water partition coefficient (Wildman–Crippen LogP) is 15.7. The van der Waals surface area contributed by atoms with E-state index < -0.39 is 11.9 Å². The van der Waals surface area contributed by atoms with Gasteiger partial charge in [-0.2, -0.15) is 40.1 Å². The minimum atomic E-state index is -0.743. The number of carbonyl (C=O) groups is 2. The van der Waals surface area contributed by atoms with Crippen LogP contribution in [0.1, 0.15) is 115 Å². The molecular formula is C86H83BrF5N21O6. The van der Waals surface area contributed by atoms with Crippen LogP contribution in [0.2, 0.25) is 0 Å². The van der Waals surface area contributed by atoms with Crippen molar-refractivity contribution in [3.63, 3.8) is 0 Å². The molecule has 4 aliphatic heterocycles. The van der Waals surface area contributed by atoms with Crippen LogP contribution in [0.3, 0.4) is 0 Å². The highest BCUT2D eigenvalue weighted by molar-refractivity contribution is 9.10. The van der Waals surface area contributed by atoms with Crippen molar-refractivity contribution in [2.24, 2.45) is 28.2 Å². The van der Waals surface area contributed by atoms with Crippen LogP contribution in [0.5, 0.6) is 0 Å². The fraction of sp³-hybridized carbons (Fsp3) is 0.291. The Morgan fingerprint density at radius 2 is 0.723 bits per heavy atom. The number of nitrogens with one attached hydrogen (secondary N) is 2. The molecule has 0 aliphatic carbocycles. The summed E-state index contributed by atoms with van der Waals surface area (Å²) >= 11 is 3.67. The first kappa shape index (κ1) is 80.2. The zero-order valence-corrected chi connectivity index (χ0v) is 67.2. The summed E-state index contributed by atoms with van der Waals surface area (Å²) in [5.74, 6) is -0.154. The van der Waals surface area contributed by atoms with Crippen molar-refractivity contribution in [2.75, 3.05) is 69.2 Å². The molecule has 0 bridgehead atoms. The van der Waals surface area contributed by atoms with Crippen LogP contribution in [-0.4, -0.2) is 153 Å². The third-order valence-electron chi connectivity index (χ3n) is 21.5. The lowest BCUT2D eigenvalue weighted by Gasteiger charge is -2.23. The second-order valence-electron chi connectivity index (χ2n) is 29.4. The fourth-order valence-corrected chi connectivity index (χ4v) is 16.8. The Kier molecular flexibility index (Phi) is 23.8. The second kappa shape index (κ2) is 35.3. The number of carbonyl (C=O) groups excluding carboxylic acids is 2. The van der Waals surface area contributed by atoms with E-state index in [-0.39, 0.29) is 52.4 Å². The van der Waals surface area contributed by atoms with Gasteiger partial charge >= 0.3 is 0 Å². The molecule has 0 atom stereocenters. The average molecular weight is 1680 g/mol. The molecule has 119 heavy (non-hydrogen) atoms. The largest absolute Gasteiger partial charge is 0.382 e. The number of anilines is 3. The Morgan fingerprint density at radius 3 is 1.08 bits per heavy atom. The van der Waals surface area contributed by atoms with E-state index in [1.165, 1.54) is 73.4 Å². The first-order chi connectivity index (χ1) is 57.7. The number of fused-ring (bicyclic) bond motifs is 3. The zero-order valence-electron chi connectivity index (χ0n) is 65.6. The van der Waals surface area contributed by atoms with Crippen LogP contribution >= 0.6 is 15.9 Å². The number of nitrogens with two attached hydrogens (primary N) is 1. The molecule has 0 radical (unpaired) electrons. The third kappa shape index (κ3) is 17.7. The standard InChI is InChI=1S/C27H23F2N7O2.C23H23FN6O2.C21H21FN6O.C15H16BrFN2O/c1-35-26(17-9-12-38-13-10-17)24(25(34-35)16-2-4-19(28)5-3-16)20-6-7-23-31-22(15-36(23)33-20)32-27(37)18-8-11-30-21(29)14-18;1-14(31)25-19-13-30-20(26-19)8-7-18(27-30)21-22(15-3-5-17(24)6-4-15)28-29(2)23(21)16-9-11-32-12-10-16;1-27-21(14-8-10-29-11-9-14)19(20(26-27)13-2-4-15(22)5-3-13)16-6-7-18-24-17(23)12-28(18)25-16;1-19-15(11-6-8-20-9-7-11)13(16)14(18-19)10-2-4-12(17)5-3-10/h2-8,11,14-15,17H,9-10,12-13H2,1H3,(H,32,37);3-8,13,16H,9-12H2,1-2H3,(H,25,31);2-7,12,14H,8-11,23H2,1H3;2-5,11H,6-9H2,1H3. The van der Waals surface area contributed by atoms with Gasteiger partial charge in [-0.15, -0.1) is 0 Å². The summed E-state index contributed by atoms with van der Waals surface area (Å²) in [6.45, 7) is 7.23. The summed E-state index contributed by atoms with van der Waals surface area (Å²) in [5, 5.41) is 38.8. The molecule has 0 unspecified atom stereocenters. The number of nitrogen functional groups attached to an aromatic ring is 1. The fourth-order valence-electron chi connectivity index (χ4n) is 15.9. The van der Waals surface area contributed by atoms with E-state index in [2.05, 4.69) is 51.6 Å². The average Bonchev–Trinajstić information content (AvgIpc) is 1.63. The highest BCUT2D eigenvalue weighted by Gasteiger charge is 2.33. The van der Waals surface area contributed by atoms with Gasteiger partial charge in [0.25, 0.3) is 5.91 Å². The number of halogens is 6. The maximum Gasteiger partial charge on any atom is 0.257 e. The van der Waals surface area contributed by atoms with Gasteiger partial charge in [-0.05, 0) is 207 Å². The molecule has 4 aromatic carbocycles. The van der Waals surface area contributed by atoms with Gasteiger partial charge in [0.05, 0.1) is 79.6 Å². The van der Waals surface area contributed by atoms with E-state index in [1.807, 2.05) is 77.2 Å². The number of aromatic nitrogens is 18. The van der Waals surface area contributed by atoms with Crippen molar-refractivity contribution in [1.82, 2.24) is 87.9 Å². The molecule has 4 aliphatic rings. The second-order valence-corrected chi connectivity index (χ2v) is 30.2. The predicted molar refractivity (Wildman–Crippen MR) is 440 cm³/mol. The number of benzene rings is 4. The number of rotatable bonds is 14. The number of hydrogen-bond acceptors (Lipinski definition) is 18. The van der Waals surface area contributed by atoms with Gasteiger partial charge in [0.15, 0.2) is 28.6 Å². The Bertz CT molecular complexity index is 6160. The molecule has 15 heterocycles. The summed E-state index contributed by atoms with van der Waals surface area (Å²) in [7, 11) is 7.76. The number of amides is 2. The molecule has 610 valence electrons. The van der Waals surface area contributed by atoms with E-state index in [1.54, 1.807) is 86.7 Å². The van der Waals surface area contributed by atoms with Crippen molar-refractivity contribution in [3.8, 4) is 78.8 Å². The molecule has 15 aromatic rings. The summed E-state index contributed by atoms with van der Waals surface area (Å²) in [6, 6.07) is 39.2. The van der Waals surface area contributed by atoms with E-state index in [0.717, 1.165) is 173 Å². The Labute approximate surface area is 687 Å². The lowest BCUT2D eigenvalue weighted by atomic mass is 9.90. The smallest absolute Gasteiger partial charge is 0.257 e. The van der Waals surface area contributed by atoms with Crippen molar-refractivity contribution in [2.45, 2.75) is 82.0 Å². The quantitative estimate of drug-likeness (QED) is 0.0673. The number of pyridine rings is 1. The first-order valence-electron chi connectivity index (χ1n) is 39.1. The number of imidazole rings is 3. The molecule has 4 N–H and O–H groups in total. The minimum Gasteiger partial charge on any atom is -0.382 e. The number of nitrogens with zero attached hydrogens (tertiary/aromatic N) is 18. The highest BCUT2D eigenvalue weighted by Crippen LogP contribution is 2.45. The van der Waals surface area contributed by atoms with Gasteiger partial charge in [-0.1, -0.05) is 0 Å². The maximum absolute atomic E-state index is 13.7. The topological polar surface area (TPSA) is 296 Å². The molecule has 33 heteroatoms. The molecule has 0 spiro atoms. The maximum atomic E-state index is 13.7. The van der Waals surface area contributed by atoms with Crippen molar-refractivity contribution in [3.05, 3.63) is 232 Å². The first-order valence-corrected chi connectivity index (χ1v) is 39.9. The number of ether oxygens (including phenoxy) is 4. The van der Waals surface area contributed by atoms with Crippen LogP contribution in [0.15, 0.2) is 175 Å². The molecule has 4 fully saturated rings. The van der Waals surface area contributed by atoms with Gasteiger partial charge in [0, 0.05) is 152 Å². The Hall–Kier alpha value is -12.6. The van der Waals surface area contributed by atoms with E-state index >= 15 is 0 Å². The van der Waals surface area contributed by atoms with Crippen LogP contribution in [-0.2, 0) is 51.9 Å².